The van der Waals surface area contributed by atoms with E-state index in [0.717, 1.165) is 36.8 Å². The molecule has 1 atom stereocenters. The molecule has 1 aliphatic carbocycles. The average molecular weight is 434 g/mol. The lowest BCUT2D eigenvalue weighted by molar-refractivity contribution is 0.102. The van der Waals surface area contributed by atoms with Gasteiger partial charge in [-0.05, 0) is 43.1 Å². The van der Waals surface area contributed by atoms with Gasteiger partial charge in [-0.1, -0.05) is 62.7 Å². The zero-order valence-electron chi connectivity index (χ0n) is 18.4. The van der Waals surface area contributed by atoms with Crippen LogP contribution in [-0.4, -0.2) is 11.1 Å². The van der Waals surface area contributed by atoms with Crippen molar-refractivity contribution in [1.29, 1.82) is 5.26 Å². The van der Waals surface area contributed by atoms with Gasteiger partial charge < -0.3 is 9.84 Å². The van der Waals surface area contributed by atoms with Crippen LogP contribution in [0.4, 0.5) is 5.00 Å². The van der Waals surface area contributed by atoms with Crippen LogP contribution in [0.2, 0.25) is 0 Å². The lowest BCUT2D eigenvalue weighted by atomic mass is 9.69. The number of nitriles is 1. The number of thiophene rings is 1. The Labute approximate surface area is 187 Å². The Morgan fingerprint density at radius 1 is 1.35 bits per heavy atom. The van der Waals surface area contributed by atoms with Gasteiger partial charge in [-0.25, -0.2) is 0 Å². The minimum atomic E-state index is -0.293. The Morgan fingerprint density at radius 2 is 2.10 bits per heavy atom. The van der Waals surface area contributed by atoms with Gasteiger partial charge in [0.2, 0.25) is 0 Å². The predicted octanol–water partition coefficient (Wildman–Crippen LogP) is 6.38. The topological polar surface area (TPSA) is 78.9 Å². The van der Waals surface area contributed by atoms with Crippen LogP contribution >= 0.6 is 11.3 Å². The third kappa shape index (κ3) is 3.90. The van der Waals surface area contributed by atoms with Crippen molar-refractivity contribution in [3.8, 4) is 17.3 Å². The van der Waals surface area contributed by atoms with E-state index in [1.165, 1.54) is 4.88 Å². The molecule has 0 saturated heterocycles. The Bertz CT molecular complexity index is 1150. The maximum absolute atomic E-state index is 13.2. The molecule has 4 rings (SSSR count). The van der Waals surface area contributed by atoms with Gasteiger partial charge in [0, 0.05) is 10.4 Å². The summed E-state index contributed by atoms with van der Waals surface area (Å²) >= 11 is 1.54. The molecule has 5 nitrogen and oxygen atoms in total. The number of aryl methyl sites for hydroxylation is 1. The van der Waals surface area contributed by atoms with E-state index in [1.807, 2.05) is 30.3 Å². The van der Waals surface area contributed by atoms with E-state index in [1.54, 1.807) is 18.3 Å². The third-order valence-electron chi connectivity index (χ3n) is 6.76. The molecule has 2 heterocycles. The van der Waals surface area contributed by atoms with E-state index in [9.17, 15) is 10.1 Å². The first-order valence-electron chi connectivity index (χ1n) is 10.7. The summed E-state index contributed by atoms with van der Waals surface area (Å²) in [5, 5.41) is 17.6. The normalized spacial score (nSPS) is 15.9. The van der Waals surface area contributed by atoms with Gasteiger partial charge in [0.25, 0.3) is 5.91 Å². The first kappa shape index (κ1) is 21.3. The van der Waals surface area contributed by atoms with Crippen LogP contribution in [0.25, 0.3) is 11.3 Å². The summed E-state index contributed by atoms with van der Waals surface area (Å²) in [6.07, 6.45) is 4.06. The second kappa shape index (κ2) is 8.32. The van der Waals surface area contributed by atoms with Crippen molar-refractivity contribution in [2.24, 2.45) is 11.3 Å². The molecule has 1 aliphatic rings. The molecule has 31 heavy (non-hydrogen) atoms. The fourth-order valence-electron chi connectivity index (χ4n) is 4.35. The molecular formula is C25H27N3O2S. The number of carbonyl (C=O) groups excluding carboxylic acids is 1. The molecule has 3 aromatic rings. The molecular weight excluding hydrogens is 406 g/mol. The van der Waals surface area contributed by atoms with Crippen LogP contribution in [0.15, 0.2) is 34.9 Å². The standard InChI is InChI=1S/C25H27N3O2S/c1-5-25(3,4)17-11-12-18-19(14-26)24(31-20(18)13-17)27-23(29)21-15(2)30-28-22(21)16-9-7-6-8-10-16/h6-10,17H,5,11-13H2,1-4H3,(H,27,29)/t17-/m0/s1. The van der Waals surface area contributed by atoms with Crippen LogP contribution in [0.1, 0.15) is 65.7 Å². The molecule has 2 aromatic heterocycles. The summed E-state index contributed by atoms with van der Waals surface area (Å²) in [6.45, 7) is 8.62. The first-order chi connectivity index (χ1) is 14.9. The number of anilines is 1. The molecule has 0 bridgehead atoms. The minimum Gasteiger partial charge on any atom is -0.360 e. The molecule has 0 radical (unpaired) electrons. The number of fused-ring (bicyclic) bond motifs is 1. The number of nitrogens with one attached hydrogen (secondary N) is 1. The first-order valence-corrected chi connectivity index (χ1v) is 11.5. The van der Waals surface area contributed by atoms with Crippen LogP contribution in [-0.2, 0) is 12.8 Å². The highest BCUT2D eigenvalue weighted by atomic mass is 32.1. The Hall–Kier alpha value is -2.91. The van der Waals surface area contributed by atoms with E-state index in [2.05, 4.69) is 37.3 Å². The third-order valence-corrected chi connectivity index (χ3v) is 7.93. The monoisotopic (exact) mass is 433 g/mol. The summed E-state index contributed by atoms with van der Waals surface area (Å²) in [4.78, 5) is 14.5. The molecule has 0 fully saturated rings. The summed E-state index contributed by atoms with van der Waals surface area (Å²) < 4.78 is 5.34. The molecule has 160 valence electrons. The highest BCUT2D eigenvalue weighted by Crippen LogP contribution is 2.45. The second-order valence-electron chi connectivity index (χ2n) is 8.88. The number of hydrogen-bond acceptors (Lipinski definition) is 5. The number of rotatable bonds is 5. The van der Waals surface area contributed by atoms with Crippen molar-refractivity contribution in [3.05, 3.63) is 57.7 Å². The Balaban J connectivity index is 1.64. The van der Waals surface area contributed by atoms with E-state index in [-0.39, 0.29) is 11.3 Å². The number of benzene rings is 1. The lowest BCUT2D eigenvalue weighted by Crippen LogP contribution is -2.28. The molecule has 0 aliphatic heterocycles. The SMILES string of the molecule is CCC(C)(C)[C@H]1CCc2c(sc(NC(=O)c3c(-c4ccccc4)noc3C)c2C#N)C1. The summed E-state index contributed by atoms with van der Waals surface area (Å²) in [5.74, 6) is 0.753. The smallest absolute Gasteiger partial charge is 0.262 e. The van der Waals surface area contributed by atoms with Crippen molar-refractivity contribution >= 4 is 22.2 Å². The maximum atomic E-state index is 13.2. The quantitative estimate of drug-likeness (QED) is 0.506. The van der Waals surface area contributed by atoms with Crippen LogP contribution in [0.3, 0.4) is 0 Å². The summed E-state index contributed by atoms with van der Waals surface area (Å²) in [6, 6.07) is 11.8. The number of carbonyl (C=O) groups is 1. The van der Waals surface area contributed by atoms with Gasteiger partial charge in [-0.3, -0.25) is 4.79 Å². The number of hydrogen-bond donors (Lipinski definition) is 1. The number of nitrogens with zero attached hydrogens (tertiary/aromatic N) is 2. The molecule has 1 N–H and O–H groups in total. The maximum Gasteiger partial charge on any atom is 0.262 e. The minimum absolute atomic E-state index is 0.266. The van der Waals surface area contributed by atoms with Crippen molar-refractivity contribution in [2.75, 3.05) is 5.32 Å². The highest BCUT2D eigenvalue weighted by molar-refractivity contribution is 7.16. The lowest BCUT2D eigenvalue weighted by Gasteiger charge is -2.36. The highest BCUT2D eigenvalue weighted by Gasteiger charge is 2.34. The average Bonchev–Trinajstić information content (AvgIpc) is 3.33. The van der Waals surface area contributed by atoms with E-state index >= 15 is 0 Å². The Morgan fingerprint density at radius 3 is 2.77 bits per heavy atom. The van der Waals surface area contributed by atoms with E-state index in [0.29, 0.717) is 33.5 Å². The van der Waals surface area contributed by atoms with Gasteiger partial charge in [0.15, 0.2) is 0 Å². The predicted molar refractivity (Wildman–Crippen MR) is 123 cm³/mol. The van der Waals surface area contributed by atoms with Crippen molar-refractivity contribution < 1.29 is 9.32 Å². The zero-order valence-corrected chi connectivity index (χ0v) is 19.2. The van der Waals surface area contributed by atoms with Crippen LogP contribution < -0.4 is 5.32 Å². The fourth-order valence-corrected chi connectivity index (χ4v) is 5.62. The van der Waals surface area contributed by atoms with Gasteiger partial charge in [0.1, 0.15) is 28.1 Å². The van der Waals surface area contributed by atoms with Crippen molar-refractivity contribution in [2.45, 2.75) is 53.4 Å². The largest absolute Gasteiger partial charge is 0.360 e. The molecule has 6 heteroatoms. The fraction of sp³-hybridized carbons (Fsp3) is 0.400. The number of amides is 1. The van der Waals surface area contributed by atoms with Gasteiger partial charge in [-0.15, -0.1) is 11.3 Å². The van der Waals surface area contributed by atoms with Gasteiger partial charge in [0.05, 0.1) is 5.56 Å². The molecule has 0 unspecified atom stereocenters. The number of aromatic nitrogens is 1. The summed E-state index contributed by atoms with van der Waals surface area (Å²) in [7, 11) is 0. The molecule has 1 amide bonds. The Kier molecular flexibility index (Phi) is 5.72. The van der Waals surface area contributed by atoms with Gasteiger partial charge in [-0.2, -0.15) is 5.26 Å². The van der Waals surface area contributed by atoms with Crippen LogP contribution in [0.5, 0.6) is 0 Å². The zero-order chi connectivity index (χ0) is 22.2. The van der Waals surface area contributed by atoms with Gasteiger partial charge >= 0.3 is 0 Å². The molecule has 0 saturated carbocycles. The summed E-state index contributed by atoms with van der Waals surface area (Å²) in [5.41, 5.74) is 3.72. The van der Waals surface area contributed by atoms with E-state index in [4.69, 9.17) is 4.52 Å². The molecule has 0 spiro atoms. The second-order valence-corrected chi connectivity index (χ2v) is 9.99. The van der Waals surface area contributed by atoms with Crippen molar-refractivity contribution in [1.82, 2.24) is 5.16 Å². The van der Waals surface area contributed by atoms with Crippen LogP contribution in [0, 0.1) is 29.6 Å². The van der Waals surface area contributed by atoms with E-state index < -0.39 is 0 Å². The van der Waals surface area contributed by atoms with Crippen molar-refractivity contribution in [3.63, 3.8) is 0 Å². The molecule has 1 aromatic carbocycles.